The Morgan fingerprint density at radius 1 is 1.22 bits per heavy atom. The number of alkyl carbamates (subject to hydrolysis) is 1. The molecule has 0 spiro atoms. The molecule has 168 valence electrons. The number of hydrogen-bond donors (Lipinski definition) is 2. The SMILES string of the molecule is CC(C)n1cnc2cc(CNC(=O)OCCCCn3cnc4c(N)nc(Cl)nc43)ccc21. The Balaban J connectivity index is 1.20. The number of imidazole rings is 2. The van der Waals surface area contributed by atoms with Gasteiger partial charge in [-0.15, -0.1) is 0 Å². The van der Waals surface area contributed by atoms with Gasteiger partial charge in [-0.3, -0.25) is 0 Å². The number of anilines is 1. The van der Waals surface area contributed by atoms with Gasteiger partial charge < -0.3 is 24.9 Å². The van der Waals surface area contributed by atoms with Gasteiger partial charge in [0.25, 0.3) is 0 Å². The summed E-state index contributed by atoms with van der Waals surface area (Å²) in [6.07, 6.45) is 4.51. The first-order chi connectivity index (χ1) is 15.4. The molecule has 1 amide bonds. The molecule has 0 aliphatic heterocycles. The van der Waals surface area contributed by atoms with Gasteiger partial charge in [-0.25, -0.2) is 14.8 Å². The van der Waals surface area contributed by atoms with Crippen LogP contribution in [0.1, 0.15) is 38.3 Å². The van der Waals surface area contributed by atoms with E-state index in [4.69, 9.17) is 22.1 Å². The monoisotopic (exact) mass is 456 g/mol. The summed E-state index contributed by atoms with van der Waals surface area (Å²) in [7, 11) is 0. The average molecular weight is 457 g/mol. The quantitative estimate of drug-likeness (QED) is 0.305. The first kappa shape index (κ1) is 21.8. The topological polar surface area (TPSA) is 126 Å². The van der Waals surface area contributed by atoms with Crippen molar-refractivity contribution < 1.29 is 9.53 Å². The van der Waals surface area contributed by atoms with Crippen LogP contribution in [0.4, 0.5) is 10.6 Å². The van der Waals surface area contributed by atoms with Gasteiger partial charge in [0.2, 0.25) is 5.28 Å². The summed E-state index contributed by atoms with van der Waals surface area (Å²) in [5.74, 6) is 0.256. The van der Waals surface area contributed by atoms with Crippen molar-refractivity contribution >= 4 is 45.7 Å². The maximum absolute atomic E-state index is 12.0. The van der Waals surface area contributed by atoms with Crippen LogP contribution < -0.4 is 11.1 Å². The maximum Gasteiger partial charge on any atom is 0.407 e. The fourth-order valence-corrected chi connectivity index (χ4v) is 3.65. The van der Waals surface area contributed by atoms with E-state index in [1.54, 1.807) is 6.33 Å². The average Bonchev–Trinajstić information content (AvgIpc) is 3.36. The number of halogens is 1. The van der Waals surface area contributed by atoms with Gasteiger partial charge >= 0.3 is 6.09 Å². The minimum absolute atomic E-state index is 0.0872. The number of ether oxygens (including phenoxy) is 1. The number of unbranched alkanes of at least 4 members (excludes halogenated alkanes) is 1. The van der Waals surface area contributed by atoms with Crippen LogP contribution in [-0.4, -0.2) is 41.8 Å². The second kappa shape index (κ2) is 9.39. The molecule has 3 aromatic heterocycles. The Morgan fingerprint density at radius 2 is 2.06 bits per heavy atom. The highest BCUT2D eigenvalue weighted by Gasteiger charge is 2.11. The van der Waals surface area contributed by atoms with E-state index in [1.165, 1.54) is 0 Å². The molecule has 0 unspecified atom stereocenters. The molecule has 0 aliphatic rings. The molecule has 3 heterocycles. The van der Waals surface area contributed by atoms with Gasteiger partial charge in [0.1, 0.15) is 5.52 Å². The van der Waals surface area contributed by atoms with E-state index in [9.17, 15) is 4.79 Å². The van der Waals surface area contributed by atoms with Crippen molar-refractivity contribution in [2.24, 2.45) is 0 Å². The highest BCUT2D eigenvalue weighted by Crippen LogP contribution is 2.19. The molecule has 0 atom stereocenters. The van der Waals surface area contributed by atoms with Gasteiger partial charge in [-0.1, -0.05) is 6.07 Å². The number of nitrogens with zero attached hydrogens (tertiary/aromatic N) is 6. The highest BCUT2D eigenvalue weighted by atomic mass is 35.5. The molecule has 0 saturated carbocycles. The first-order valence-corrected chi connectivity index (χ1v) is 10.8. The van der Waals surface area contributed by atoms with Crippen LogP contribution >= 0.6 is 11.6 Å². The van der Waals surface area contributed by atoms with Crippen molar-refractivity contribution in [3.63, 3.8) is 0 Å². The summed E-state index contributed by atoms with van der Waals surface area (Å²) in [4.78, 5) is 28.7. The van der Waals surface area contributed by atoms with Gasteiger partial charge in [0.15, 0.2) is 11.5 Å². The zero-order valence-electron chi connectivity index (χ0n) is 18.0. The fraction of sp³-hybridized carbons (Fsp3) is 0.381. The number of nitrogen functional groups attached to an aromatic ring is 1. The molecule has 0 aliphatic carbocycles. The lowest BCUT2D eigenvalue weighted by Crippen LogP contribution is -2.24. The van der Waals surface area contributed by atoms with E-state index < -0.39 is 6.09 Å². The minimum Gasteiger partial charge on any atom is -0.450 e. The van der Waals surface area contributed by atoms with Crippen molar-refractivity contribution in [3.05, 3.63) is 41.7 Å². The zero-order chi connectivity index (χ0) is 22.7. The third-order valence-corrected chi connectivity index (χ3v) is 5.29. The Hall–Kier alpha value is -3.40. The standard InChI is InChI=1S/C21H25ClN8O2/c1-13(2)30-12-25-15-9-14(5-6-16(15)30)10-24-21(31)32-8-4-3-7-29-11-26-17-18(23)27-20(22)28-19(17)29/h5-6,9,11-13H,3-4,7-8,10H2,1-2H3,(H,24,31)(H2,23,27,28). The molecule has 0 fully saturated rings. The smallest absolute Gasteiger partial charge is 0.407 e. The van der Waals surface area contributed by atoms with Gasteiger partial charge in [-0.2, -0.15) is 9.97 Å². The number of nitrogens with two attached hydrogens (primary N) is 1. The lowest BCUT2D eigenvalue weighted by Gasteiger charge is -2.09. The number of benzene rings is 1. The zero-order valence-corrected chi connectivity index (χ0v) is 18.7. The first-order valence-electron chi connectivity index (χ1n) is 10.4. The predicted octanol–water partition coefficient (Wildman–Crippen LogP) is 3.70. The Bertz CT molecular complexity index is 1250. The lowest BCUT2D eigenvalue weighted by molar-refractivity contribution is 0.143. The third kappa shape index (κ3) is 4.75. The van der Waals surface area contributed by atoms with E-state index >= 15 is 0 Å². The van der Waals surface area contributed by atoms with Crippen molar-refractivity contribution in [1.29, 1.82) is 0 Å². The normalized spacial score (nSPS) is 11.5. The molecular formula is C21H25ClN8O2. The number of rotatable bonds is 8. The van der Waals surface area contributed by atoms with E-state index in [1.807, 2.05) is 29.1 Å². The van der Waals surface area contributed by atoms with Crippen LogP contribution in [0.15, 0.2) is 30.9 Å². The van der Waals surface area contributed by atoms with Crippen LogP contribution in [0, 0.1) is 0 Å². The second-order valence-electron chi connectivity index (χ2n) is 7.75. The summed E-state index contributed by atoms with van der Waals surface area (Å²) in [5, 5.41) is 2.87. The summed E-state index contributed by atoms with van der Waals surface area (Å²) < 4.78 is 9.24. The molecule has 0 saturated heterocycles. The van der Waals surface area contributed by atoms with E-state index in [0.717, 1.165) is 23.0 Å². The number of aromatic nitrogens is 6. The van der Waals surface area contributed by atoms with E-state index in [-0.39, 0.29) is 11.1 Å². The Kier molecular flexibility index (Phi) is 6.40. The number of nitrogens with one attached hydrogen (secondary N) is 1. The van der Waals surface area contributed by atoms with E-state index in [0.29, 0.717) is 43.3 Å². The molecule has 0 bridgehead atoms. The van der Waals surface area contributed by atoms with Crippen LogP contribution in [0.25, 0.3) is 22.2 Å². The number of fused-ring (bicyclic) bond motifs is 2. The van der Waals surface area contributed by atoms with Crippen LogP contribution in [0.2, 0.25) is 5.28 Å². The fourth-order valence-electron chi connectivity index (χ4n) is 3.48. The third-order valence-electron chi connectivity index (χ3n) is 5.12. The van der Waals surface area contributed by atoms with Gasteiger partial charge in [0.05, 0.1) is 30.3 Å². The number of hydrogen-bond acceptors (Lipinski definition) is 7. The van der Waals surface area contributed by atoms with Crippen molar-refractivity contribution in [2.45, 2.75) is 45.8 Å². The van der Waals surface area contributed by atoms with Crippen LogP contribution in [0.5, 0.6) is 0 Å². The van der Waals surface area contributed by atoms with Crippen molar-refractivity contribution in [1.82, 2.24) is 34.4 Å². The summed E-state index contributed by atoms with van der Waals surface area (Å²) in [5.41, 5.74) is 9.89. The molecule has 10 nitrogen and oxygen atoms in total. The Labute approximate surface area is 189 Å². The van der Waals surface area contributed by atoms with Crippen LogP contribution in [0.3, 0.4) is 0 Å². The van der Waals surface area contributed by atoms with Gasteiger partial charge in [0, 0.05) is 19.1 Å². The molecule has 3 N–H and O–H groups in total. The predicted molar refractivity (Wildman–Crippen MR) is 122 cm³/mol. The second-order valence-corrected chi connectivity index (χ2v) is 8.09. The molecule has 11 heteroatoms. The molecule has 4 aromatic rings. The number of amides is 1. The van der Waals surface area contributed by atoms with Crippen molar-refractivity contribution in [2.75, 3.05) is 12.3 Å². The van der Waals surface area contributed by atoms with Crippen LogP contribution in [-0.2, 0) is 17.8 Å². The summed E-state index contributed by atoms with van der Waals surface area (Å²) >= 11 is 5.88. The minimum atomic E-state index is -0.446. The largest absolute Gasteiger partial charge is 0.450 e. The molecular weight excluding hydrogens is 432 g/mol. The Morgan fingerprint density at radius 3 is 2.88 bits per heavy atom. The summed E-state index contributed by atoms with van der Waals surface area (Å²) in [6.45, 7) is 5.58. The molecule has 4 rings (SSSR count). The number of carbonyl (C=O) groups excluding carboxylic acids is 1. The van der Waals surface area contributed by atoms with Crippen molar-refractivity contribution in [3.8, 4) is 0 Å². The molecule has 0 radical (unpaired) electrons. The van der Waals surface area contributed by atoms with Gasteiger partial charge in [-0.05, 0) is 56.0 Å². The number of carbonyl (C=O) groups is 1. The highest BCUT2D eigenvalue weighted by molar-refractivity contribution is 6.28. The summed E-state index contributed by atoms with van der Waals surface area (Å²) in [6, 6.07) is 6.33. The van der Waals surface area contributed by atoms with E-state index in [2.05, 4.69) is 43.7 Å². The number of aryl methyl sites for hydroxylation is 1. The maximum atomic E-state index is 12.0. The molecule has 1 aromatic carbocycles. The molecule has 32 heavy (non-hydrogen) atoms. The lowest BCUT2D eigenvalue weighted by atomic mass is 10.2.